The molecule has 0 aliphatic carbocycles. The summed E-state index contributed by atoms with van der Waals surface area (Å²) in [4.78, 5) is 0. The molecule has 0 aromatic heterocycles. The van der Waals surface area contributed by atoms with E-state index in [1.807, 2.05) is 13.8 Å². The molecule has 0 saturated carbocycles. The Morgan fingerprint density at radius 3 is 2.82 bits per heavy atom. The summed E-state index contributed by atoms with van der Waals surface area (Å²) in [6.07, 6.45) is -0.0278. The Balaban J connectivity index is 2.10. The van der Waals surface area contributed by atoms with Crippen LogP contribution >= 0.6 is 11.8 Å². The quantitative estimate of drug-likeness (QED) is 0.585. The first-order valence-corrected chi connectivity index (χ1v) is 4.79. The number of ether oxygens (including phenoxy) is 2. The van der Waals surface area contributed by atoms with Crippen molar-refractivity contribution in [2.75, 3.05) is 5.75 Å². The summed E-state index contributed by atoms with van der Waals surface area (Å²) in [6, 6.07) is 0. The van der Waals surface area contributed by atoms with E-state index < -0.39 is 11.2 Å². The zero-order chi connectivity index (χ0) is 8.06. The molecule has 2 rings (SSSR count). The average molecular weight is 176 g/mol. The number of aliphatic hydroxyl groups is 1. The lowest BCUT2D eigenvalue weighted by Crippen LogP contribution is -2.27. The Kier molecular flexibility index (Phi) is 1.68. The first-order valence-electron chi connectivity index (χ1n) is 3.74. The molecule has 1 N–H and O–H groups in total. The van der Waals surface area contributed by atoms with Crippen molar-refractivity contribution in [3.8, 4) is 0 Å². The summed E-state index contributed by atoms with van der Waals surface area (Å²) in [5.74, 6) is 0.340. The van der Waals surface area contributed by atoms with Crippen LogP contribution in [0.4, 0.5) is 0 Å². The van der Waals surface area contributed by atoms with Crippen LogP contribution in [0.1, 0.15) is 13.8 Å². The van der Waals surface area contributed by atoms with Crippen LogP contribution in [0.15, 0.2) is 0 Å². The maximum atomic E-state index is 9.39. The summed E-state index contributed by atoms with van der Waals surface area (Å²) in [5.41, 5.74) is -0.401. The number of hydrogen-bond acceptors (Lipinski definition) is 4. The fraction of sp³-hybridized carbons (Fsp3) is 1.00. The summed E-state index contributed by atoms with van der Waals surface area (Å²) >= 11 is 1.50. The Bertz CT molecular complexity index is 171. The highest BCUT2D eigenvalue weighted by atomic mass is 32.2. The first-order chi connectivity index (χ1) is 5.08. The summed E-state index contributed by atoms with van der Waals surface area (Å²) in [7, 11) is 0. The minimum absolute atomic E-state index is 0.0880. The van der Waals surface area contributed by atoms with Gasteiger partial charge < -0.3 is 14.6 Å². The van der Waals surface area contributed by atoms with Gasteiger partial charge >= 0.3 is 0 Å². The van der Waals surface area contributed by atoms with Gasteiger partial charge in [-0.15, -0.1) is 11.8 Å². The molecule has 2 aliphatic heterocycles. The van der Waals surface area contributed by atoms with Crippen molar-refractivity contribution in [3.05, 3.63) is 0 Å². The van der Waals surface area contributed by atoms with Gasteiger partial charge in [0.1, 0.15) is 11.5 Å². The smallest absolute Gasteiger partial charge is 0.163 e. The SMILES string of the molecule is CC1(C)OC2CSC(O)[C@H]2O1. The minimum Gasteiger partial charge on any atom is -0.380 e. The molecule has 2 fully saturated rings. The molecule has 0 aromatic rings. The summed E-state index contributed by atoms with van der Waals surface area (Å²) in [5, 5.41) is 9.39. The molecule has 2 saturated heterocycles. The predicted octanol–water partition coefficient (Wildman–Crippen LogP) is 0.572. The van der Waals surface area contributed by atoms with Gasteiger partial charge in [0.25, 0.3) is 0 Å². The molecule has 0 spiro atoms. The van der Waals surface area contributed by atoms with E-state index in [0.717, 1.165) is 5.75 Å². The molecule has 2 aliphatic rings. The molecular formula is C7H12O3S. The van der Waals surface area contributed by atoms with Gasteiger partial charge in [0.05, 0.1) is 6.10 Å². The van der Waals surface area contributed by atoms with E-state index in [0.29, 0.717) is 0 Å². The highest BCUT2D eigenvalue weighted by Crippen LogP contribution is 2.39. The third kappa shape index (κ3) is 1.28. The predicted molar refractivity (Wildman–Crippen MR) is 42.3 cm³/mol. The van der Waals surface area contributed by atoms with Gasteiger partial charge in [0, 0.05) is 5.75 Å². The van der Waals surface area contributed by atoms with E-state index in [-0.39, 0.29) is 12.2 Å². The Hall–Kier alpha value is 0.230. The second kappa shape index (κ2) is 2.36. The van der Waals surface area contributed by atoms with Crippen LogP contribution < -0.4 is 0 Å². The van der Waals surface area contributed by atoms with E-state index >= 15 is 0 Å². The molecule has 3 atom stereocenters. The second-order valence-electron chi connectivity index (χ2n) is 3.36. The monoisotopic (exact) mass is 176 g/mol. The molecule has 2 heterocycles. The van der Waals surface area contributed by atoms with E-state index in [2.05, 4.69) is 0 Å². The fourth-order valence-corrected chi connectivity index (χ4v) is 2.59. The highest BCUT2D eigenvalue weighted by molar-refractivity contribution is 8.00. The molecule has 2 unspecified atom stereocenters. The van der Waals surface area contributed by atoms with Crippen molar-refractivity contribution < 1.29 is 14.6 Å². The normalized spacial score (nSPS) is 47.7. The van der Waals surface area contributed by atoms with Gasteiger partial charge in [-0.1, -0.05) is 0 Å². The molecule has 64 valence electrons. The molecule has 3 nitrogen and oxygen atoms in total. The van der Waals surface area contributed by atoms with E-state index in [1.165, 1.54) is 11.8 Å². The van der Waals surface area contributed by atoms with Crippen LogP contribution in [-0.2, 0) is 9.47 Å². The summed E-state index contributed by atoms with van der Waals surface area (Å²) in [6.45, 7) is 3.76. The van der Waals surface area contributed by atoms with Crippen molar-refractivity contribution in [2.45, 2.75) is 37.3 Å². The lowest BCUT2D eigenvalue weighted by molar-refractivity contribution is -0.150. The van der Waals surface area contributed by atoms with E-state index in [1.54, 1.807) is 0 Å². The molecule has 0 aromatic carbocycles. The van der Waals surface area contributed by atoms with Crippen LogP contribution in [0, 0.1) is 0 Å². The Morgan fingerprint density at radius 1 is 1.45 bits per heavy atom. The van der Waals surface area contributed by atoms with Crippen molar-refractivity contribution in [1.29, 1.82) is 0 Å². The highest BCUT2D eigenvalue weighted by Gasteiger charge is 2.48. The average Bonchev–Trinajstić information content (AvgIpc) is 2.31. The maximum absolute atomic E-state index is 9.39. The minimum atomic E-state index is -0.503. The van der Waals surface area contributed by atoms with E-state index in [4.69, 9.17) is 9.47 Å². The van der Waals surface area contributed by atoms with E-state index in [9.17, 15) is 5.11 Å². The molecule has 0 amide bonds. The Morgan fingerprint density at radius 2 is 2.18 bits per heavy atom. The van der Waals surface area contributed by atoms with Gasteiger partial charge in [-0.2, -0.15) is 0 Å². The zero-order valence-corrected chi connectivity index (χ0v) is 7.43. The third-order valence-electron chi connectivity index (χ3n) is 1.93. The molecule has 11 heavy (non-hydrogen) atoms. The van der Waals surface area contributed by atoms with Crippen LogP contribution in [0.2, 0.25) is 0 Å². The van der Waals surface area contributed by atoms with Crippen molar-refractivity contribution in [1.82, 2.24) is 0 Å². The fourth-order valence-electron chi connectivity index (χ4n) is 1.52. The molecule has 0 radical (unpaired) electrons. The number of aliphatic hydroxyl groups excluding tert-OH is 1. The number of thioether (sulfide) groups is 1. The zero-order valence-electron chi connectivity index (χ0n) is 6.61. The Labute approximate surface area is 70.1 Å². The third-order valence-corrected chi connectivity index (χ3v) is 3.06. The molecule has 0 bridgehead atoms. The van der Waals surface area contributed by atoms with Crippen LogP contribution in [0.3, 0.4) is 0 Å². The number of fused-ring (bicyclic) bond motifs is 1. The van der Waals surface area contributed by atoms with Crippen molar-refractivity contribution in [2.24, 2.45) is 0 Å². The van der Waals surface area contributed by atoms with Gasteiger partial charge in [0.15, 0.2) is 5.79 Å². The topological polar surface area (TPSA) is 38.7 Å². The van der Waals surface area contributed by atoms with Gasteiger partial charge in [-0.05, 0) is 13.8 Å². The largest absolute Gasteiger partial charge is 0.380 e. The van der Waals surface area contributed by atoms with Crippen LogP contribution in [0.25, 0.3) is 0 Å². The first kappa shape index (κ1) is 7.86. The maximum Gasteiger partial charge on any atom is 0.163 e. The number of rotatable bonds is 0. The number of hydrogen-bond donors (Lipinski definition) is 1. The molecular weight excluding hydrogens is 164 g/mol. The standard InChI is InChI=1S/C7H12O3S/c1-7(2)9-4-3-11-6(8)5(4)10-7/h4-6,8H,3H2,1-2H3/t4?,5-,6?/m0/s1. The van der Waals surface area contributed by atoms with Crippen molar-refractivity contribution >= 4 is 11.8 Å². The van der Waals surface area contributed by atoms with Gasteiger partial charge in [-0.25, -0.2) is 0 Å². The summed E-state index contributed by atoms with van der Waals surface area (Å²) < 4.78 is 11.0. The van der Waals surface area contributed by atoms with Gasteiger partial charge in [-0.3, -0.25) is 0 Å². The van der Waals surface area contributed by atoms with Crippen molar-refractivity contribution in [3.63, 3.8) is 0 Å². The second-order valence-corrected chi connectivity index (χ2v) is 4.51. The lowest BCUT2D eigenvalue weighted by atomic mass is 10.2. The van der Waals surface area contributed by atoms with Crippen LogP contribution in [-0.4, -0.2) is 34.3 Å². The lowest BCUT2D eigenvalue weighted by Gasteiger charge is -2.18. The molecule has 4 heteroatoms. The van der Waals surface area contributed by atoms with Crippen LogP contribution in [0.5, 0.6) is 0 Å². The van der Waals surface area contributed by atoms with Gasteiger partial charge in [0.2, 0.25) is 0 Å².